The highest BCUT2D eigenvalue weighted by molar-refractivity contribution is 7.18. The van der Waals surface area contributed by atoms with Crippen molar-refractivity contribution < 1.29 is 24.5 Å². The third kappa shape index (κ3) is 4.70. The lowest BCUT2D eigenvalue weighted by Gasteiger charge is -2.25. The van der Waals surface area contributed by atoms with Crippen LogP contribution in [-0.4, -0.2) is 40.3 Å². The first kappa shape index (κ1) is 21.3. The van der Waals surface area contributed by atoms with E-state index in [-0.39, 0.29) is 25.5 Å². The fourth-order valence-electron chi connectivity index (χ4n) is 4.07. The molecule has 0 bridgehead atoms. The first-order valence-electron chi connectivity index (χ1n) is 10.2. The van der Waals surface area contributed by atoms with Crippen molar-refractivity contribution in [1.82, 2.24) is 10.3 Å². The molecule has 0 radical (unpaired) electrons. The van der Waals surface area contributed by atoms with E-state index < -0.39 is 11.4 Å². The fourth-order valence-corrected chi connectivity index (χ4v) is 5.00. The van der Waals surface area contributed by atoms with Crippen LogP contribution in [0.2, 0.25) is 0 Å². The Kier molecular flexibility index (Phi) is 6.20. The van der Waals surface area contributed by atoms with Crippen molar-refractivity contribution in [3.63, 3.8) is 0 Å². The quantitative estimate of drug-likeness (QED) is 0.442. The summed E-state index contributed by atoms with van der Waals surface area (Å²) >= 11 is 1.46. The molecule has 0 spiro atoms. The Morgan fingerprint density at radius 1 is 1.16 bits per heavy atom. The summed E-state index contributed by atoms with van der Waals surface area (Å²) in [7, 11) is 0. The van der Waals surface area contributed by atoms with Crippen molar-refractivity contribution in [3.05, 3.63) is 58.6 Å². The number of nitrogens with zero attached hydrogens (tertiary/aromatic N) is 1. The van der Waals surface area contributed by atoms with Gasteiger partial charge in [0.2, 0.25) is 5.91 Å². The molecule has 0 atom stereocenters. The first-order chi connectivity index (χ1) is 15.0. The van der Waals surface area contributed by atoms with E-state index >= 15 is 0 Å². The number of benzene rings is 2. The van der Waals surface area contributed by atoms with Gasteiger partial charge in [-0.2, -0.15) is 0 Å². The van der Waals surface area contributed by atoms with E-state index in [1.54, 1.807) is 0 Å². The Hall–Kier alpha value is -2.97. The van der Waals surface area contributed by atoms with Crippen molar-refractivity contribution in [2.24, 2.45) is 5.41 Å². The number of rotatable bonds is 9. The number of carboxylic acids is 1. The first-order valence-corrected chi connectivity index (χ1v) is 11.0. The lowest BCUT2D eigenvalue weighted by atomic mass is 9.80. The van der Waals surface area contributed by atoms with Crippen molar-refractivity contribution in [2.45, 2.75) is 32.2 Å². The molecule has 1 amide bonds. The topological polar surface area (TPSA) is 109 Å². The van der Waals surface area contributed by atoms with Crippen LogP contribution < -0.4 is 10.1 Å². The molecule has 0 unspecified atom stereocenters. The van der Waals surface area contributed by atoms with E-state index in [9.17, 15) is 14.7 Å². The molecular weight excluding hydrogens is 416 g/mol. The average molecular weight is 441 g/mol. The summed E-state index contributed by atoms with van der Waals surface area (Å²) in [4.78, 5) is 29.2. The third-order valence-electron chi connectivity index (χ3n) is 5.52. The highest BCUT2D eigenvalue weighted by atomic mass is 32.1. The second-order valence-electron chi connectivity index (χ2n) is 7.82. The molecule has 3 aromatic rings. The summed E-state index contributed by atoms with van der Waals surface area (Å²) in [5.74, 6) is -0.514. The summed E-state index contributed by atoms with van der Waals surface area (Å²) < 4.78 is 6.55. The second kappa shape index (κ2) is 9.03. The molecule has 8 heteroatoms. The van der Waals surface area contributed by atoms with Crippen LogP contribution in [0.4, 0.5) is 0 Å². The number of thiazole rings is 1. The van der Waals surface area contributed by atoms with Crippen LogP contribution in [0.1, 0.15) is 29.0 Å². The van der Waals surface area contributed by atoms with Gasteiger partial charge in [-0.1, -0.05) is 24.3 Å². The zero-order chi connectivity index (χ0) is 21.8. The van der Waals surface area contributed by atoms with Gasteiger partial charge in [0, 0.05) is 13.0 Å². The van der Waals surface area contributed by atoms with E-state index in [1.165, 1.54) is 11.3 Å². The van der Waals surface area contributed by atoms with Crippen molar-refractivity contribution >= 4 is 33.4 Å². The lowest BCUT2D eigenvalue weighted by Crippen LogP contribution is -2.43. The predicted octanol–water partition coefficient (Wildman–Crippen LogP) is 2.93. The molecular formula is C23H24N2O5S. The maximum atomic E-state index is 13.1. The molecule has 2 aromatic carbocycles. The van der Waals surface area contributed by atoms with Crippen LogP contribution in [0.3, 0.4) is 0 Å². The summed E-state index contributed by atoms with van der Waals surface area (Å²) in [6.45, 7) is 0.773. The van der Waals surface area contributed by atoms with Crippen molar-refractivity contribution in [3.8, 4) is 5.75 Å². The summed E-state index contributed by atoms with van der Waals surface area (Å²) in [5, 5.41) is 22.0. The normalized spacial score (nSPS) is 14.4. The second-order valence-corrected chi connectivity index (χ2v) is 8.93. The number of aliphatic hydroxyl groups is 1. The predicted molar refractivity (Wildman–Crippen MR) is 117 cm³/mol. The molecule has 0 saturated heterocycles. The zero-order valence-corrected chi connectivity index (χ0v) is 17.8. The molecule has 1 aliphatic rings. The van der Waals surface area contributed by atoms with Crippen LogP contribution in [0, 0.1) is 5.41 Å². The standard InChI is InChI=1S/C23H24N2O5S/c26-8-3-9-30-17-6-7-18-19(10-17)31-20(25-18)14-24-22(29)23(13-21(27)28)11-15-4-1-2-5-16(15)12-23/h1-2,4-7,10,26H,3,8-9,11-14H2,(H,24,29)(H,27,28). The van der Waals surface area contributed by atoms with Gasteiger partial charge in [-0.3, -0.25) is 9.59 Å². The molecule has 7 nitrogen and oxygen atoms in total. The molecule has 1 heterocycles. The van der Waals surface area contributed by atoms with Crippen molar-refractivity contribution in [1.29, 1.82) is 0 Å². The molecule has 1 aliphatic carbocycles. The zero-order valence-electron chi connectivity index (χ0n) is 17.0. The highest BCUT2D eigenvalue weighted by Crippen LogP contribution is 2.40. The number of carbonyl (C=O) groups is 2. The minimum absolute atomic E-state index is 0.0844. The Balaban J connectivity index is 1.45. The molecule has 0 fully saturated rings. The van der Waals surface area contributed by atoms with Gasteiger partial charge in [-0.15, -0.1) is 11.3 Å². The Bertz CT molecular complexity index is 1090. The third-order valence-corrected chi connectivity index (χ3v) is 6.54. The van der Waals surface area contributed by atoms with Gasteiger partial charge in [0.05, 0.1) is 35.2 Å². The Labute approximate surface area is 183 Å². The van der Waals surface area contributed by atoms with Gasteiger partial charge in [-0.05, 0) is 42.2 Å². The van der Waals surface area contributed by atoms with Gasteiger partial charge >= 0.3 is 5.97 Å². The number of ether oxygens (including phenoxy) is 1. The van der Waals surface area contributed by atoms with Crippen LogP contribution in [0.5, 0.6) is 5.75 Å². The van der Waals surface area contributed by atoms with Crippen LogP contribution in [0.25, 0.3) is 10.2 Å². The van der Waals surface area contributed by atoms with E-state index in [0.29, 0.717) is 31.6 Å². The number of hydrogen-bond donors (Lipinski definition) is 3. The monoisotopic (exact) mass is 440 g/mol. The van der Waals surface area contributed by atoms with E-state index in [0.717, 1.165) is 26.4 Å². The highest BCUT2D eigenvalue weighted by Gasteiger charge is 2.45. The maximum absolute atomic E-state index is 13.1. The van der Waals surface area contributed by atoms with E-state index in [2.05, 4.69) is 10.3 Å². The van der Waals surface area contributed by atoms with Gasteiger partial charge in [0.15, 0.2) is 0 Å². The van der Waals surface area contributed by atoms with Gasteiger partial charge in [0.1, 0.15) is 10.8 Å². The maximum Gasteiger partial charge on any atom is 0.304 e. The van der Waals surface area contributed by atoms with Crippen LogP contribution >= 0.6 is 11.3 Å². The molecule has 3 N–H and O–H groups in total. The fraction of sp³-hybridized carbons (Fsp3) is 0.348. The van der Waals surface area contributed by atoms with Crippen LogP contribution in [0.15, 0.2) is 42.5 Å². The summed E-state index contributed by atoms with van der Waals surface area (Å²) in [6.07, 6.45) is 1.22. The number of aliphatic carboxylic acids is 1. The number of aliphatic hydroxyl groups excluding tert-OH is 1. The van der Waals surface area contributed by atoms with E-state index in [1.807, 2.05) is 42.5 Å². The lowest BCUT2D eigenvalue weighted by molar-refractivity contribution is -0.145. The Morgan fingerprint density at radius 2 is 1.90 bits per heavy atom. The number of carboxylic acid groups (broad SMARTS) is 1. The summed E-state index contributed by atoms with van der Waals surface area (Å²) in [5.41, 5.74) is 1.91. The SMILES string of the molecule is O=C(O)CC1(C(=O)NCc2nc3ccc(OCCCO)cc3s2)Cc2ccccc2C1. The average Bonchev–Trinajstić information content (AvgIpc) is 3.32. The molecule has 4 rings (SSSR count). The number of aromatic nitrogens is 1. The molecule has 0 aliphatic heterocycles. The number of amides is 1. The largest absolute Gasteiger partial charge is 0.493 e. The van der Waals surface area contributed by atoms with Crippen molar-refractivity contribution in [2.75, 3.05) is 13.2 Å². The number of fused-ring (bicyclic) bond motifs is 2. The molecule has 31 heavy (non-hydrogen) atoms. The molecule has 162 valence electrons. The number of nitrogens with one attached hydrogen (secondary N) is 1. The summed E-state index contributed by atoms with van der Waals surface area (Å²) in [6, 6.07) is 13.3. The molecule has 1 aromatic heterocycles. The minimum Gasteiger partial charge on any atom is -0.493 e. The van der Waals surface area contributed by atoms with Gasteiger partial charge < -0.3 is 20.3 Å². The van der Waals surface area contributed by atoms with Crippen LogP contribution in [-0.2, 0) is 29.0 Å². The smallest absolute Gasteiger partial charge is 0.304 e. The number of hydrogen-bond acceptors (Lipinski definition) is 6. The van der Waals surface area contributed by atoms with Gasteiger partial charge in [0.25, 0.3) is 0 Å². The molecule has 0 saturated carbocycles. The van der Waals surface area contributed by atoms with E-state index in [4.69, 9.17) is 9.84 Å². The Morgan fingerprint density at radius 3 is 2.58 bits per heavy atom. The minimum atomic E-state index is -0.975. The number of carbonyl (C=O) groups excluding carboxylic acids is 1. The van der Waals surface area contributed by atoms with Gasteiger partial charge in [-0.25, -0.2) is 4.98 Å².